The zero-order valence-corrected chi connectivity index (χ0v) is 9.06. The first-order valence-electron chi connectivity index (χ1n) is 4.95. The lowest BCUT2D eigenvalue weighted by Gasteiger charge is -2.12. The van der Waals surface area contributed by atoms with Crippen LogP contribution in [-0.2, 0) is 9.53 Å². The van der Waals surface area contributed by atoms with E-state index in [1.807, 2.05) is 25.1 Å². The van der Waals surface area contributed by atoms with Gasteiger partial charge in [-0.2, -0.15) is 0 Å². The quantitative estimate of drug-likeness (QED) is 0.741. The maximum atomic E-state index is 10.9. The molecule has 1 heterocycles. The van der Waals surface area contributed by atoms with Crippen LogP contribution in [0.2, 0.25) is 0 Å². The number of nitrogens with one attached hydrogen (secondary N) is 1. The standard InChI is InChI=1S/C11H16N2O2/c1-9(10-5-3-4-7-13-10)12-8-6-11(14)15-2/h3-5,7,9,12H,6,8H2,1-2H3/t9-/m0/s1. The third-order valence-corrected chi connectivity index (χ3v) is 2.14. The van der Waals surface area contributed by atoms with Crippen LogP contribution in [0.25, 0.3) is 0 Å². The van der Waals surface area contributed by atoms with Gasteiger partial charge in [0.15, 0.2) is 0 Å². The molecule has 4 nitrogen and oxygen atoms in total. The van der Waals surface area contributed by atoms with E-state index >= 15 is 0 Å². The minimum atomic E-state index is -0.198. The van der Waals surface area contributed by atoms with E-state index in [-0.39, 0.29) is 12.0 Å². The summed E-state index contributed by atoms with van der Waals surface area (Å²) >= 11 is 0. The van der Waals surface area contributed by atoms with E-state index in [4.69, 9.17) is 0 Å². The lowest BCUT2D eigenvalue weighted by atomic mass is 10.2. The molecular formula is C11H16N2O2. The summed E-state index contributed by atoms with van der Waals surface area (Å²) in [5, 5.41) is 3.20. The predicted molar refractivity (Wildman–Crippen MR) is 57.3 cm³/mol. The van der Waals surface area contributed by atoms with Crippen LogP contribution >= 0.6 is 0 Å². The number of nitrogens with zero attached hydrogens (tertiary/aromatic N) is 1. The van der Waals surface area contributed by atoms with Crippen molar-refractivity contribution in [3.8, 4) is 0 Å². The van der Waals surface area contributed by atoms with Gasteiger partial charge in [-0.25, -0.2) is 0 Å². The third-order valence-electron chi connectivity index (χ3n) is 2.14. The van der Waals surface area contributed by atoms with E-state index in [9.17, 15) is 4.79 Å². The molecule has 1 aromatic rings. The minimum absolute atomic E-state index is 0.149. The average Bonchev–Trinajstić information content (AvgIpc) is 2.29. The molecule has 4 heteroatoms. The molecule has 1 N–H and O–H groups in total. The molecule has 1 atom stereocenters. The molecule has 0 saturated heterocycles. The summed E-state index contributed by atoms with van der Waals surface area (Å²) in [5.41, 5.74) is 0.974. The summed E-state index contributed by atoms with van der Waals surface area (Å²) in [6.07, 6.45) is 2.14. The fraction of sp³-hybridized carbons (Fsp3) is 0.455. The van der Waals surface area contributed by atoms with Gasteiger partial charge in [0.2, 0.25) is 0 Å². The van der Waals surface area contributed by atoms with Crippen molar-refractivity contribution in [1.29, 1.82) is 0 Å². The fourth-order valence-corrected chi connectivity index (χ4v) is 1.23. The van der Waals surface area contributed by atoms with Crippen LogP contribution in [0, 0.1) is 0 Å². The highest BCUT2D eigenvalue weighted by atomic mass is 16.5. The summed E-state index contributed by atoms with van der Waals surface area (Å²) in [6, 6.07) is 5.93. The zero-order valence-electron chi connectivity index (χ0n) is 9.06. The Kier molecular flexibility index (Phi) is 4.77. The number of hydrogen-bond acceptors (Lipinski definition) is 4. The predicted octanol–water partition coefficient (Wildman–Crippen LogP) is 1.30. The Balaban J connectivity index is 2.31. The van der Waals surface area contributed by atoms with Crippen LogP contribution in [0.3, 0.4) is 0 Å². The Labute approximate surface area is 89.7 Å². The van der Waals surface area contributed by atoms with Gasteiger partial charge in [-0.05, 0) is 19.1 Å². The van der Waals surface area contributed by atoms with Crippen molar-refractivity contribution in [1.82, 2.24) is 10.3 Å². The van der Waals surface area contributed by atoms with Gasteiger partial charge in [0.25, 0.3) is 0 Å². The Morgan fingerprint density at radius 2 is 2.40 bits per heavy atom. The number of ether oxygens (including phenoxy) is 1. The van der Waals surface area contributed by atoms with Gasteiger partial charge < -0.3 is 10.1 Å². The van der Waals surface area contributed by atoms with E-state index in [2.05, 4.69) is 15.0 Å². The molecule has 1 rings (SSSR count). The van der Waals surface area contributed by atoms with Gasteiger partial charge in [0.05, 0.1) is 19.2 Å². The Morgan fingerprint density at radius 3 is 3.00 bits per heavy atom. The first-order chi connectivity index (χ1) is 7.24. The molecule has 0 spiro atoms. The van der Waals surface area contributed by atoms with E-state index < -0.39 is 0 Å². The Morgan fingerprint density at radius 1 is 1.60 bits per heavy atom. The van der Waals surface area contributed by atoms with E-state index in [1.54, 1.807) is 6.20 Å². The van der Waals surface area contributed by atoms with Crippen LogP contribution in [0.5, 0.6) is 0 Å². The number of carbonyl (C=O) groups is 1. The minimum Gasteiger partial charge on any atom is -0.469 e. The highest BCUT2D eigenvalue weighted by Crippen LogP contribution is 2.07. The number of esters is 1. The SMILES string of the molecule is COC(=O)CCN[C@@H](C)c1ccccn1. The molecule has 1 aromatic heterocycles. The van der Waals surface area contributed by atoms with Crippen LogP contribution in [0.4, 0.5) is 0 Å². The lowest BCUT2D eigenvalue weighted by Crippen LogP contribution is -2.23. The summed E-state index contributed by atoms with van der Waals surface area (Å²) in [4.78, 5) is 15.1. The smallest absolute Gasteiger partial charge is 0.306 e. The number of hydrogen-bond donors (Lipinski definition) is 1. The second-order valence-corrected chi connectivity index (χ2v) is 3.26. The summed E-state index contributed by atoms with van der Waals surface area (Å²) in [6.45, 7) is 2.62. The van der Waals surface area contributed by atoms with E-state index in [1.165, 1.54) is 7.11 Å². The van der Waals surface area contributed by atoms with Crippen molar-refractivity contribution >= 4 is 5.97 Å². The molecule has 0 saturated carbocycles. The van der Waals surface area contributed by atoms with Crippen LogP contribution in [-0.4, -0.2) is 24.6 Å². The van der Waals surface area contributed by atoms with E-state index in [0.29, 0.717) is 13.0 Å². The highest BCUT2D eigenvalue weighted by molar-refractivity contribution is 5.69. The molecule has 0 unspecified atom stereocenters. The number of aromatic nitrogens is 1. The zero-order chi connectivity index (χ0) is 11.1. The van der Waals surface area contributed by atoms with E-state index in [0.717, 1.165) is 5.69 Å². The second kappa shape index (κ2) is 6.14. The molecule has 15 heavy (non-hydrogen) atoms. The van der Waals surface area contributed by atoms with Gasteiger partial charge in [-0.1, -0.05) is 6.07 Å². The van der Waals surface area contributed by atoms with Crippen LogP contribution in [0.15, 0.2) is 24.4 Å². The fourth-order valence-electron chi connectivity index (χ4n) is 1.23. The van der Waals surface area contributed by atoms with Gasteiger partial charge in [-0.15, -0.1) is 0 Å². The van der Waals surface area contributed by atoms with Crippen molar-refractivity contribution in [3.63, 3.8) is 0 Å². The van der Waals surface area contributed by atoms with Gasteiger partial charge in [-0.3, -0.25) is 9.78 Å². The molecule has 0 aromatic carbocycles. The van der Waals surface area contributed by atoms with Crippen LogP contribution < -0.4 is 5.32 Å². The normalized spacial score (nSPS) is 12.1. The largest absolute Gasteiger partial charge is 0.469 e. The highest BCUT2D eigenvalue weighted by Gasteiger charge is 2.06. The number of rotatable bonds is 5. The average molecular weight is 208 g/mol. The van der Waals surface area contributed by atoms with Gasteiger partial charge in [0, 0.05) is 18.8 Å². The molecule has 0 aliphatic heterocycles. The molecule has 82 valence electrons. The van der Waals surface area contributed by atoms with Crippen molar-refractivity contribution in [2.75, 3.05) is 13.7 Å². The Bertz CT molecular complexity index is 301. The first-order valence-corrected chi connectivity index (χ1v) is 4.95. The number of pyridine rings is 1. The maximum Gasteiger partial charge on any atom is 0.306 e. The summed E-state index contributed by atoms with van der Waals surface area (Å²) < 4.78 is 4.54. The van der Waals surface area contributed by atoms with Crippen LogP contribution in [0.1, 0.15) is 25.1 Å². The topological polar surface area (TPSA) is 51.2 Å². The molecule has 0 fully saturated rings. The second-order valence-electron chi connectivity index (χ2n) is 3.26. The summed E-state index contributed by atoms with van der Waals surface area (Å²) in [7, 11) is 1.39. The molecule has 0 aliphatic carbocycles. The van der Waals surface area contributed by atoms with Crippen molar-refractivity contribution < 1.29 is 9.53 Å². The van der Waals surface area contributed by atoms with Crippen molar-refractivity contribution in [3.05, 3.63) is 30.1 Å². The molecular weight excluding hydrogens is 192 g/mol. The molecule has 0 amide bonds. The van der Waals surface area contributed by atoms with Crippen molar-refractivity contribution in [2.24, 2.45) is 0 Å². The van der Waals surface area contributed by atoms with Crippen molar-refractivity contribution in [2.45, 2.75) is 19.4 Å². The van der Waals surface area contributed by atoms with Gasteiger partial charge >= 0.3 is 5.97 Å². The first kappa shape index (κ1) is 11.7. The third kappa shape index (κ3) is 4.08. The summed E-state index contributed by atoms with van der Waals surface area (Å²) in [5.74, 6) is -0.198. The molecule has 0 aliphatic rings. The van der Waals surface area contributed by atoms with Gasteiger partial charge in [0.1, 0.15) is 0 Å². The number of carbonyl (C=O) groups excluding carboxylic acids is 1. The maximum absolute atomic E-state index is 10.9. The number of methoxy groups -OCH3 is 1. The lowest BCUT2D eigenvalue weighted by molar-refractivity contribution is -0.140. The Hall–Kier alpha value is -1.42. The molecule has 0 radical (unpaired) electrons. The molecule has 0 bridgehead atoms. The monoisotopic (exact) mass is 208 g/mol.